The van der Waals surface area contributed by atoms with E-state index in [0.29, 0.717) is 0 Å². The van der Waals surface area contributed by atoms with Crippen LogP contribution in [0.4, 0.5) is 0 Å². The van der Waals surface area contributed by atoms with Crippen LogP contribution in [-0.2, 0) is 0 Å². The molecule has 2 rings (SSSR count). The third kappa shape index (κ3) is 1.51. The summed E-state index contributed by atoms with van der Waals surface area (Å²) in [6.07, 6.45) is 0. The van der Waals surface area contributed by atoms with E-state index in [1.54, 1.807) is 0 Å². The Bertz CT molecular complexity index is 395. The number of nitrogens with zero attached hydrogens (tertiary/aromatic N) is 1. The third-order valence-electron chi connectivity index (χ3n) is 1.94. The van der Waals surface area contributed by atoms with Crippen LogP contribution in [0.3, 0.4) is 0 Å². The Labute approximate surface area is 78.6 Å². The highest BCUT2D eigenvalue weighted by atomic mass is 28.3. The first-order chi connectivity index (χ1) is 6.07. The molecule has 0 bridgehead atoms. The number of hydrogen-bond acceptors (Lipinski definition) is 2. The molecule has 1 aromatic carbocycles. The highest BCUT2D eigenvalue weighted by molar-refractivity contribution is 6.87. The van der Waals surface area contributed by atoms with Gasteiger partial charge in [-0.2, -0.15) is 0 Å². The molecule has 68 valence electrons. The van der Waals surface area contributed by atoms with Crippen molar-refractivity contribution < 1.29 is 4.42 Å². The van der Waals surface area contributed by atoms with Crippen LogP contribution in [0, 0.1) is 0 Å². The Hall–Kier alpha value is -1.09. The fourth-order valence-electron chi connectivity index (χ4n) is 1.19. The topological polar surface area (TPSA) is 26.0 Å². The summed E-state index contributed by atoms with van der Waals surface area (Å²) in [5.41, 5.74) is 2.81. The first-order valence-corrected chi connectivity index (χ1v) is 7.93. The molecule has 0 N–H and O–H groups in total. The second kappa shape index (κ2) is 2.70. The SMILES string of the molecule is C[Si](C)(C)c1nc2ccccc2o1. The quantitative estimate of drug-likeness (QED) is 0.647. The van der Waals surface area contributed by atoms with Gasteiger partial charge in [-0.25, -0.2) is 4.98 Å². The van der Waals surface area contributed by atoms with E-state index < -0.39 is 8.07 Å². The van der Waals surface area contributed by atoms with E-state index in [2.05, 4.69) is 24.6 Å². The third-order valence-corrected chi connectivity index (χ3v) is 3.43. The largest absolute Gasteiger partial charge is 0.446 e. The summed E-state index contributed by atoms with van der Waals surface area (Å²) in [5, 5.41) is 0. The maximum Gasteiger partial charge on any atom is 0.167 e. The van der Waals surface area contributed by atoms with E-state index in [4.69, 9.17) is 4.42 Å². The fraction of sp³-hybridized carbons (Fsp3) is 0.300. The average Bonchev–Trinajstić information content (AvgIpc) is 2.45. The van der Waals surface area contributed by atoms with Crippen molar-refractivity contribution in [1.29, 1.82) is 0 Å². The first kappa shape index (κ1) is 8.50. The second-order valence-corrected chi connectivity index (χ2v) is 9.16. The lowest BCUT2D eigenvalue weighted by Gasteiger charge is -2.08. The summed E-state index contributed by atoms with van der Waals surface area (Å²) >= 11 is 0. The number of fused-ring (bicyclic) bond motifs is 1. The van der Waals surface area contributed by atoms with Crippen molar-refractivity contribution in [2.24, 2.45) is 0 Å². The normalized spacial score (nSPS) is 12.2. The van der Waals surface area contributed by atoms with Gasteiger partial charge in [-0.3, -0.25) is 0 Å². The van der Waals surface area contributed by atoms with E-state index in [-0.39, 0.29) is 0 Å². The molecule has 3 heteroatoms. The predicted molar refractivity (Wildman–Crippen MR) is 57.0 cm³/mol. The van der Waals surface area contributed by atoms with Crippen LogP contribution in [0.15, 0.2) is 28.7 Å². The van der Waals surface area contributed by atoms with Crippen LogP contribution in [0.1, 0.15) is 0 Å². The highest BCUT2D eigenvalue weighted by Crippen LogP contribution is 2.12. The van der Waals surface area contributed by atoms with E-state index in [9.17, 15) is 0 Å². The zero-order valence-corrected chi connectivity index (χ0v) is 9.16. The van der Waals surface area contributed by atoms with Crippen LogP contribution in [0.2, 0.25) is 19.6 Å². The minimum Gasteiger partial charge on any atom is -0.446 e. The van der Waals surface area contributed by atoms with E-state index in [1.807, 2.05) is 24.3 Å². The molecule has 2 aromatic rings. The van der Waals surface area contributed by atoms with Gasteiger partial charge in [0.2, 0.25) is 0 Å². The van der Waals surface area contributed by atoms with Crippen molar-refractivity contribution in [3.63, 3.8) is 0 Å². The van der Waals surface area contributed by atoms with E-state index in [1.165, 1.54) is 0 Å². The molecule has 0 saturated carbocycles. The number of oxazole rings is 1. The molecule has 0 unspecified atom stereocenters. The van der Waals surface area contributed by atoms with Gasteiger partial charge in [-0.05, 0) is 12.1 Å². The molecule has 0 aliphatic heterocycles. The van der Waals surface area contributed by atoms with Gasteiger partial charge in [0, 0.05) is 0 Å². The minimum absolute atomic E-state index is 0.903. The standard InChI is InChI=1S/C10H13NOSi/c1-13(2,3)10-11-8-6-4-5-7-9(8)12-10/h4-7H,1-3H3. The summed E-state index contributed by atoms with van der Waals surface area (Å²) in [6, 6.07) is 7.91. The average molecular weight is 191 g/mol. The highest BCUT2D eigenvalue weighted by Gasteiger charge is 2.23. The van der Waals surface area contributed by atoms with Crippen molar-refractivity contribution in [2.45, 2.75) is 19.6 Å². The van der Waals surface area contributed by atoms with Crippen molar-refractivity contribution >= 4 is 24.7 Å². The maximum absolute atomic E-state index is 5.68. The summed E-state index contributed by atoms with van der Waals surface area (Å²) in [5.74, 6) is 0. The van der Waals surface area contributed by atoms with Gasteiger partial charge in [0.1, 0.15) is 13.6 Å². The summed E-state index contributed by atoms with van der Waals surface area (Å²) in [6.45, 7) is 6.70. The van der Waals surface area contributed by atoms with Crippen LogP contribution in [0.5, 0.6) is 0 Å². The van der Waals surface area contributed by atoms with Crippen LogP contribution in [0.25, 0.3) is 11.1 Å². The van der Waals surface area contributed by atoms with Crippen LogP contribution in [-0.4, -0.2) is 13.1 Å². The molecule has 13 heavy (non-hydrogen) atoms. The van der Waals surface area contributed by atoms with E-state index >= 15 is 0 Å². The molecule has 0 saturated heterocycles. The molecule has 2 nitrogen and oxygen atoms in total. The second-order valence-electron chi connectivity index (χ2n) is 4.24. The number of aromatic nitrogens is 1. The Morgan fingerprint density at radius 1 is 1.15 bits per heavy atom. The van der Waals surface area contributed by atoms with Crippen molar-refractivity contribution in [2.75, 3.05) is 0 Å². The summed E-state index contributed by atoms with van der Waals surface area (Å²) in [4.78, 5) is 4.48. The molecule has 0 amide bonds. The van der Waals surface area contributed by atoms with Gasteiger partial charge in [0.15, 0.2) is 11.1 Å². The summed E-state index contributed by atoms with van der Waals surface area (Å²) < 4.78 is 5.68. The van der Waals surface area contributed by atoms with Gasteiger partial charge in [-0.15, -0.1) is 0 Å². The van der Waals surface area contributed by atoms with Crippen molar-refractivity contribution in [3.05, 3.63) is 24.3 Å². The van der Waals surface area contributed by atoms with Crippen molar-refractivity contribution in [3.8, 4) is 0 Å². The lowest BCUT2D eigenvalue weighted by molar-refractivity contribution is 0.638. The Morgan fingerprint density at radius 2 is 1.85 bits per heavy atom. The fourth-order valence-corrected chi connectivity index (χ4v) is 2.07. The lowest BCUT2D eigenvalue weighted by Crippen LogP contribution is -2.38. The van der Waals surface area contributed by atoms with Gasteiger partial charge in [-0.1, -0.05) is 31.8 Å². The molecule has 0 fully saturated rings. The van der Waals surface area contributed by atoms with Crippen molar-refractivity contribution in [1.82, 2.24) is 4.98 Å². The zero-order chi connectivity index (χ0) is 9.47. The molecule has 0 aliphatic rings. The molecule has 1 aromatic heterocycles. The molecular formula is C10H13NOSi. The van der Waals surface area contributed by atoms with Gasteiger partial charge in [0.05, 0.1) is 0 Å². The molecule has 0 aliphatic carbocycles. The zero-order valence-electron chi connectivity index (χ0n) is 8.16. The molecular weight excluding hydrogens is 178 g/mol. The first-order valence-electron chi connectivity index (χ1n) is 4.43. The Balaban J connectivity index is 2.63. The molecule has 1 heterocycles. The number of hydrogen-bond donors (Lipinski definition) is 0. The van der Waals surface area contributed by atoms with Crippen LogP contribution < -0.4 is 5.51 Å². The Kier molecular flexibility index (Phi) is 1.77. The number of para-hydroxylation sites is 2. The van der Waals surface area contributed by atoms with Gasteiger partial charge < -0.3 is 4.42 Å². The summed E-state index contributed by atoms with van der Waals surface area (Å²) in [7, 11) is -1.39. The van der Waals surface area contributed by atoms with Gasteiger partial charge >= 0.3 is 0 Å². The number of rotatable bonds is 1. The smallest absolute Gasteiger partial charge is 0.167 e. The van der Waals surface area contributed by atoms with E-state index in [0.717, 1.165) is 16.6 Å². The molecule has 0 radical (unpaired) electrons. The minimum atomic E-state index is -1.39. The predicted octanol–water partition coefficient (Wildman–Crippen LogP) is 2.37. The molecule has 0 spiro atoms. The molecule has 0 atom stereocenters. The lowest BCUT2D eigenvalue weighted by atomic mass is 10.3. The number of benzene rings is 1. The maximum atomic E-state index is 5.68. The monoisotopic (exact) mass is 191 g/mol. The Morgan fingerprint density at radius 3 is 2.46 bits per heavy atom. The van der Waals surface area contributed by atoms with Gasteiger partial charge in [0.25, 0.3) is 0 Å². The van der Waals surface area contributed by atoms with Crippen LogP contribution >= 0.6 is 0 Å².